The van der Waals surface area contributed by atoms with Gasteiger partial charge < -0.3 is 14.8 Å². The summed E-state index contributed by atoms with van der Waals surface area (Å²) in [6, 6.07) is 1.91. The number of hydrogen-bond donors (Lipinski definition) is 2. The zero-order valence-electron chi connectivity index (χ0n) is 15.8. The van der Waals surface area contributed by atoms with E-state index in [1.807, 2.05) is 0 Å². The summed E-state index contributed by atoms with van der Waals surface area (Å²) >= 11 is 0. The van der Waals surface area contributed by atoms with E-state index in [2.05, 4.69) is 10.0 Å². The van der Waals surface area contributed by atoms with Gasteiger partial charge in [0.25, 0.3) is 5.91 Å². The predicted octanol–water partition coefficient (Wildman–Crippen LogP) is 1.74. The highest BCUT2D eigenvalue weighted by Gasteiger charge is 2.21. The van der Waals surface area contributed by atoms with Crippen LogP contribution in [0.5, 0.6) is 0 Å². The van der Waals surface area contributed by atoms with Gasteiger partial charge in [-0.1, -0.05) is 25.7 Å². The van der Waals surface area contributed by atoms with Gasteiger partial charge in [0, 0.05) is 46.5 Å². The third-order valence-electron chi connectivity index (χ3n) is 4.62. The van der Waals surface area contributed by atoms with Crippen molar-refractivity contribution in [2.75, 3.05) is 27.2 Å². The predicted molar refractivity (Wildman–Crippen MR) is 105 cm³/mol. The first-order valence-electron chi connectivity index (χ1n) is 8.92. The Morgan fingerprint density at radius 3 is 2.38 bits per heavy atom. The van der Waals surface area contributed by atoms with Gasteiger partial charge in [-0.15, -0.1) is 12.4 Å². The summed E-state index contributed by atoms with van der Waals surface area (Å²) in [5.41, 5.74) is 0.349. The average Bonchev–Trinajstić information content (AvgIpc) is 2.78. The number of amides is 1. The maximum atomic E-state index is 12.4. The van der Waals surface area contributed by atoms with Gasteiger partial charge in [-0.25, -0.2) is 13.1 Å². The van der Waals surface area contributed by atoms with Gasteiger partial charge in [-0.2, -0.15) is 0 Å². The first-order chi connectivity index (χ1) is 11.8. The summed E-state index contributed by atoms with van der Waals surface area (Å²) in [6.07, 6.45) is 8.90. The molecular formula is C17H31ClN4O3S. The Bertz CT molecular complexity index is 680. The Balaban J connectivity index is 0.00000338. The van der Waals surface area contributed by atoms with Gasteiger partial charge in [0.2, 0.25) is 10.0 Å². The van der Waals surface area contributed by atoms with Crippen molar-refractivity contribution in [2.45, 2.75) is 49.5 Å². The zero-order valence-corrected chi connectivity index (χ0v) is 17.5. The number of carbonyl (C=O) groups is 1. The zero-order chi connectivity index (χ0) is 18.4. The highest BCUT2D eigenvalue weighted by atomic mass is 35.5. The van der Waals surface area contributed by atoms with Crippen molar-refractivity contribution in [1.82, 2.24) is 19.5 Å². The molecule has 0 aromatic carbocycles. The van der Waals surface area contributed by atoms with Crippen LogP contribution in [0.25, 0.3) is 0 Å². The van der Waals surface area contributed by atoms with Crippen LogP contribution < -0.4 is 10.0 Å². The molecule has 7 nitrogen and oxygen atoms in total. The maximum Gasteiger partial charge on any atom is 0.269 e. The summed E-state index contributed by atoms with van der Waals surface area (Å²) < 4.78 is 29.0. The van der Waals surface area contributed by atoms with Crippen LogP contribution in [0.2, 0.25) is 0 Å². The minimum atomic E-state index is -3.61. The molecule has 1 fully saturated rings. The minimum absolute atomic E-state index is 0. The Labute approximate surface area is 163 Å². The minimum Gasteiger partial charge on any atom is -0.345 e. The third-order valence-corrected chi connectivity index (χ3v) is 6.05. The normalized spacial score (nSPS) is 16.0. The van der Waals surface area contributed by atoms with E-state index in [0.717, 1.165) is 0 Å². The van der Waals surface area contributed by atoms with Crippen LogP contribution >= 0.6 is 12.4 Å². The molecule has 1 aliphatic rings. The van der Waals surface area contributed by atoms with Crippen LogP contribution in [0.3, 0.4) is 0 Å². The van der Waals surface area contributed by atoms with E-state index in [9.17, 15) is 13.2 Å². The summed E-state index contributed by atoms with van der Waals surface area (Å²) in [7, 11) is 1.34. The molecule has 26 heavy (non-hydrogen) atoms. The average molecular weight is 407 g/mol. The maximum absolute atomic E-state index is 12.4. The van der Waals surface area contributed by atoms with Crippen LogP contribution in [0, 0.1) is 0 Å². The first kappa shape index (κ1) is 23.0. The summed E-state index contributed by atoms with van der Waals surface area (Å²) in [4.78, 5) is 13.6. The molecule has 2 N–H and O–H groups in total. The van der Waals surface area contributed by atoms with Gasteiger partial charge in [-0.3, -0.25) is 4.79 Å². The van der Waals surface area contributed by atoms with Crippen LogP contribution in [0.4, 0.5) is 0 Å². The first-order valence-corrected chi connectivity index (χ1v) is 10.4. The van der Waals surface area contributed by atoms with Crippen LogP contribution in [0.15, 0.2) is 17.2 Å². The molecule has 1 saturated carbocycles. The summed E-state index contributed by atoms with van der Waals surface area (Å²) in [6.45, 7) is 0.949. The standard InChI is InChI=1S/C17H30N4O3S.ClH/c1-20(2)17(22)16-12-15(13-21(16)3)25(23,24)19-11-10-18-14-8-6-4-5-7-9-14;/h12-14,18-19H,4-11H2,1-3H3;1H. The lowest BCUT2D eigenvalue weighted by atomic mass is 10.1. The number of aromatic nitrogens is 1. The number of aryl methyl sites for hydroxylation is 1. The van der Waals surface area contributed by atoms with Gasteiger partial charge in [0.15, 0.2) is 0 Å². The van der Waals surface area contributed by atoms with Crippen molar-refractivity contribution >= 4 is 28.3 Å². The van der Waals surface area contributed by atoms with Gasteiger partial charge >= 0.3 is 0 Å². The van der Waals surface area contributed by atoms with E-state index in [4.69, 9.17) is 0 Å². The smallest absolute Gasteiger partial charge is 0.269 e. The molecule has 2 rings (SSSR count). The molecule has 1 aromatic heterocycles. The Hall–Kier alpha value is -1.09. The molecule has 9 heteroatoms. The van der Waals surface area contributed by atoms with Crippen LogP contribution in [0.1, 0.15) is 49.0 Å². The molecule has 0 unspecified atom stereocenters. The molecule has 0 saturated heterocycles. The van der Waals surface area contributed by atoms with Crippen LogP contribution in [-0.2, 0) is 17.1 Å². The lowest BCUT2D eigenvalue weighted by Gasteiger charge is -2.16. The van der Waals surface area contributed by atoms with Crippen molar-refractivity contribution in [3.05, 3.63) is 18.0 Å². The molecule has 0 radical (unpaired) electrons. The highest BCUT2D eigenvalue weighted by Crippen LogP contribution is 2.17. The van der Waals surface area contributed by atoms with Crippen molar-refractivity contribution in [3.8, 4) is 0 Å². The second-order valence-corrected chi connectivity index (χ2v) is 8.68. The molecule has 0 aliphatic heterocycles. The number of carbonyl (C=O) groups excluding carboxylic acids is 1. The fraction of sp³-hybridized carbons (Fsp3) is 0.706. The second-order valence-electron chi connectivity index (χ2n) is 6.91. The quantitative estimate of drug-likeness (QED) is 0.533. The van der Waals surface area contributed by atoms with E-state index in [-0.39, 0.29) is 23.2 Å². The molecular weight excluding hydrogens is 376 g/mol. The largest absolute Gasteiger partial charge is 0.345 e. The van der Waals surface area contributed by atoms with E-state index in [1.54, 1.807) is 25.7 Å². The van der Waals surface area contributed by atoms with Crippen molar-refractivity contribution in [2.24, 2.45) is 7.05 Å². The lowest BCUT2D eigenvalue weighted by Crippen LogP contribution is -2.36. The molecule has 1 aromatic rings. The van der Waals surface area contributed by atoms with Crippen molar-refractivity contribution in [1.29, 1.82) is 0 Å². The molecule has 1 amide bonds. The SMILES string of the molecule is CN(C)C(=O)c1cc(S(=O)(=O)NCCNC2CCCCCC2)cn1C.Cl. The Morgan fingerprint density at radius 1 is 1.19 bits per heavy atom. The molecule has 1 aliphatic carbocycles. The topological polar surface area (TPSA) is 83.4 Å². The monoisotopic (exact) mass is 406 g/mol. The van der Waals surface area contributed by atoms with Gasteiger partial charge in [-0.05, 0) is 18.9 Å². The highest BCUT2D eigenvalue weighted by molar-refractivity contribution is 7.89. The Morgan fingerprint density at radius 2 is 1.81 bits per heavy atom. The van der Waals surface area contributed by atoms with E-state index >= 15 is 0 Å². The van der Waals surface area contributed by atoms with Crippen molar-refractivity contribution < 1.29 is 13.2 Å². The molecule has 0 atom stereocenters. The van der Waals surface area contributed by atoms with Gasteiger partial charge in [0.1, 0.15) is 10.6 Å². The summed E-state index contributed by atoms with van der Waals surface area (Å²) in [5.74, 6) is -0.223. The molecule has 1 heterocycles. The fourth-order valence-corrected chi connectivity index (χ4v) is 4.25. The van der Waals surface area contributed by atoms with Gasteiger partial charge in [0.05, 0.1) is 0 Å². The number of rotatable bonds is 7. The van der Waals surface area contributed by atoms with E-state index < -0.39 is 10.0 Å². The number of hydrogen-bond acceptors (Lipinski definition) is 4. The molecule has 150 valence electrons. The van der Waals surface area contributed by atoms with E-state index in [0.29, 0.717) is 24.8 Å². The number of halogens is 1. The molecule has 0 bridgehead atoms. The molecule has 0 spiro atoms. The number of nitrogens with zero attached hydrogens (tertiary/aromatic N) is 2. The third kappa shape index (κ3) is 6.26. The second kappa shape index (κ2) is 10.3. The lowest BCUT2D eigenvalue weighted by molar-refractivity contribution is 0.0818. The fourth-order valence-electron chi connectivity index (χ4n) is 3.15. The number of nitrogens with one attached hydrogen (secondary N) is 2. The van der Waals surface area contributed by atoms with Crippen LogP contribution in [-0.4, -0.2) is 57.0 Å². The Kier molecular flexibility index (Phi) is 9.09. The summed E-state index contributed by atoms with van der Waals surface area (Å²) in [5, 5.41) is 3.44. The number of sulfonamides is 1. The van der Waals surface area contributed by atoms with Crippen molar-refractivity contribution in [3.63, 3.8) is 0 Å². The van der Waals surface area contributed by atoms with E-state index in [1.165, 1.54) is 55.7 Å².